The average molecular weight is 400 g/mol. The molecule has 2 N–H and O–H groups in total. The Morgan fingerprint density at radius 3 is 2.39 bits per heavy atom. The molecule has 5 nitrogen and oxygen atoms in total. The lowest BCUT2D eigenvalue weighted by Gasteiger charge is -2.18. The van der Waals surface area contributed by atoms with Crippen LogP contribution in [0.5, 0.6) is 0 Å². The van der Waals surface area contributed by atoms with Gasteiger partial charge in [-0.25, -0.2) is 12.8 Å². The molecule has 2 aliphatic rings. The number of aryl methyl sites for hydroxylation is 1. The third-order valence-electron chi connectivity index (χ3n) is 5.46. The Bertz CT molecular complexity index is 1050. The molecular formula is C21H21FN2O3S. The summed E-state index contributed by atoms with van der Waals surface area (Å²) in [5.41, 5.74) is 1.27. The molecule has 1 amide bonds. The maximum absolute atomic E-state index is 13.0. The molecular weight excluding hydrogens is 379 g/mol. The van der Waals surface area contributed by atoms with E-state index in [-0.39, 0.29) is 28.3 Å². The average Bonchev–Trinajstić information content (AvgIpc) is 3.28. The largest absolute Gasteiger partial charge is 0.326 e. The van der Waals surface area contributed by atoms with Gasteiger partial charge in [0, 0.05) is 17.3 Å². The van der Waals surface area contributed by atoms with Crippen LogP contribution >= 0.6 is 0 Å². The first-order valence-electron chi connectivity index (χ1n) is 9.20. The number of halogens is 1. The molecule has 0 spiro atoms. The van der Waals surface area contributed by atoms with Crippen molar-refractivity contribution >= 4 is 27.3 Å². The molecule has 1 fully saturated rings. The number of sulfonamides is 1. The van der Waals surface area contributed by atoms with Crippen LogP contribution in [0.2, 0.25) is 0 Å². The van der Waals surface area contributed by atoms with E-state index in [1.807, 2.05) is 0 Å². The van der Waals surface area contributed by atoms with E-state index >= 15 is 0 Å². The smallest absolute Gasteiger partial charge is 0.262 e. The van der Waals surface area contributed by atoms with Gasteiger partial charge >= 0.3 is 0 Å². The summed E-state index contributed by atoms with van der Waals surface area (Å²) in [5, 5.41) is 2.87. The standard InChI is InChI=1S/C21H21FN2O3S/c1-13-2-7-18(23-21(25)19-11-14-3-4-15(19)10-14)12-20(13)28(26,27)24-17-8-5-16(22)6-9-17/h2-9,12,14-15,19,24H,10-11H2,1H3,(H,23,25)/t14-,15+,19-/m0/s1. The Morgan fingerprint density at radius 1 is 1.04 bits per heavy atom. The summed E-state index contributed by atoms with van der Waals surface area (Å²) < 4.78 is 41.0. The van der Waals surface area contributed by atoms with Crippen LogP contribution in [0.15, 0.2) is 59.5 Å². The lowest BCUT2D eigenvalue weighted by molar-refractivity contribution is -0.120. The SMILES string of the molecule is Cc1ccc(NC(=O)[C@H]2C[C@H]3C=C[C@@H]2C3)cc1S(=O)(=O)Nc1ccc(F)cc1. The zero-order valence-corrected chi connectivity index (χ0v) is 16.2. The van der Waals surface area contributed by atoms with Crippen LogP contribution in [-0.2, 0) is 14.8 Å². The van der Waals surface area contributed by atoms with Crippen LogP contribution < -0.4 is 10.0 Å². The van der Waals surface area contributed by atoms with Gasteiger partial charge in [0.25, 0.3) is 10.0 Å². The first-order valence-corrected chi connectivity index (χ1v) is 10.7. The van der Waals surface area contributed by atoms with Gasteiger partial charge in [-0.1, -0.05) is 18.2 Å². The zero-order chi connectivity index (χ0) is 19.9. The summed E-state index contributed by atoms with van der Waals surface area (Å²) in [5.74, 6) is 0.178. The zero-order valence-electron chi connectivity index (χ0n) is 15.4. The van der Waals surface area contributed by atoms with Gasteiger partial charge in [-0.3, -0.25) is 9.52 Å². The van der Waals surface area contributed by atoms with Crippen molar-refractivity contribution in [2.24, 2.45) is 17.8 Å². The van der Waals surface area contributed by atoms with Crippen molar-refractivity contribution in [2.75, 3.05) is 10.0 Å². The van der Waals surface area contributed by atoms with E-state index in [1.165, 1.54) is 30.3 Å². The lowest BCUT2D eigenvalue weighted by Crippen LogP contribution is -2.26. The maximum atomic E-state index is 13.0. The monoisotopic (exact) mass is 400 g/mol. The topological polar surface area (TPSA) is 75.3 Å². The molecule has 146 valence electrons. The number of anilines is 2. The van der Waals surface area contributed by atoms with Crippen molar-refractivity contribution in [3.8, 4) is 0 Å². The van der Waals surface area contributed by atoms with Crippen LogP contribution in [0, 0.1) is 30.5 Å². The Hall–Kier alpha value is -2.67. The third kappa shape index (κ3) is 3.67. The number of hydrogen-bond donors (Lipinski definition) is 2. The molecule has 2 bridgehead atoms. The molecule has 3 atom stereocenters. The van der Waals surface area contributed by atoms with Crippen molar-refractivity contribution in [1.29, 1.82) is 0 Å². The van der Waals surface area contributed by atoms with Gasteiger partial charge in [-0.2, -0.15) is 0 Å². The van der Waals surface area contributed by atoms with E-state index in [1.54, 1.807) is 19.1 Å². The second kappa shape index (κ2) is 7.05. The van der Waals surface area contributed by atoms with E-state index < -0.39 is 15.8 Å². The van der Waals surface area contributed by atoms with Gasteiger partial charge in [0.15, 0.2) is 0 Å². The summed E-state index contributed by atoms with van der Waals surface area (Å²) in [6, 6.07) is 9.91. The van der Waals surface area contributed by atoms with Gasteiger partial charge in [-0.15, -0.1) is 0 Å². The van der Waals surface area contributed by atoms with Gasteiger partial charge in [0.05, 0.1) is 4.90 Å². The van der Waals surface area contributed by atoms with Crippen molar-refractivity contribution in [3.05, 3.63) is 66.0 Å². The molecule has 28 heavy (non-hydrogen) atoms. The highest BCUT2D eigenvalue weighted by molar-refractivity contribution is 7.92. The van der Waals surface area contributed by atoms with Crippen molar-refractivity contribution in [2.45, 2.75) is 24.7 Å². The van der Waals surface area contributed by atoms with Crippen LogP contribution in [0.4, 0.5) is 15.8 Å². The van der Waals surface area contributed by atoms with E-state index in [0.29, 0.717) is 17.2 Å². The summed E-state index contributed by atoms with van der Waals surface area (Å²) in [4.78, 5) is 12.7. The molecule has 0 saturated heterocycles. The number of fused-ring (bicyclic) bond motifs is 2. The van der Waals surface area contributed by atoms with Crippen molar-refractivity contribution in [1.82, 2.24) is 0 Å². The Labute approximate surface area is 163 Å². The molecule has 2 aliphatic carbocycles. The Morgan fingerprint density at radius 2 is 1.75 bits per heavy atom. The molecule has 0 heterocycles. The number of allylic oxidation sites excluding steroid dienone is 2. The molecule has 7 heteroatoms. The number of carbonyl (C=O) groups excluding carboxylic acids is 1. The summed E-state index contributed by atoms with van der Waals surface area (Å²) in [7, 11) is -3.88. The van der Waals surface area contributed by atoms with Gasteiger partial charge in [-0.05, 0) is 73.6 Å². The predicted molar refractivity (Wildman–Crippen MR) is 106 cm³/mol. The van der Waals surface area contributed by atoms with Gasteiger partial charge in [0.1, 0.15) is 5.82 Å². The van der Waals surface area contributed by atoms with E-state index in [2.05, 4.69) is 22.2 Å². The van der Waals surface area contributed by atoms with Gasteiger partial charge < -0.3 is 5.32 Å². The quantitative estimate of drug-likeness (QED) is 0.743. The number of hydrogen-bond acceptors (Lipinski definition) is 3. The van der Waals surface area contributed by atoms with Crippen molar-refractivity contribution < 1.29 is 17.6 Å². The number of nitrogens with one attached hydrogen (secondary N) is 2. The fourth-order valence-electron chi connectivity index (χ4n) is 4.01. The van der Waals surface area contributed by atoms with Crippen LogP contribution in [0.25, 0.3) is 0 Å². The van der Waals surface area contributed by atoms with Crippen LogP contribution in [0.1, 0.15) is 18.4 Å². The number of rotatable bonds is 5. The van der Waals surface area contributed by atoms with E-state index in [4.69, 9.17) is 0 Å². The lowest BCUT2D eigenvalue weighted by atomic mass is 9.93. The Balaban J connectivity index is 1.54. The second-order valence-corrected chi connectivity index (χ2v) is 9.12. The molecule has 2 aromatic rings. The van der Waals surface area contributed by atoms with Crippen LogP contribution in [0.3, 0.4) is 0 Å². The second-order valence-electron chi connectivity index (χ2n) is 7.47. The predicted octanol–water partition coefficient (Wildman–Crippen LogP) is 4.09. The van der Waals surface area contributed by atoms with Gasteiger partial charge in [0.2, 0.25) is 5.91 Å². The first-order chi connectivity index (χ1) is 13.3. The highest BCUT2D eigenvalue weighted by atomic mass is 32.2. The summed E-state index contributed by atoms with van der Waals surface area (Å²) in [6.07, 6.45) is 6.14. The minimum absolute atomic E-state index is 0.0614. The molecule has 0 aliphatic heterocycles. The molecule has 0 unspecified atom stereocenters. The van der Waals surface area contributed by atoms with Crippen molar-refractivity contribution in [3.63, 3.8) is 0 Å². The Kier molecular flexibility index (Phi) is 4.71. The minimum atomic E-state index is -3.88. The molecule has 0 radical (unpaired) electrons. The van der Waals surface area contributed by atoms with E-state index in [9.17, 15) is 17.6 Å². The third-order valence-corrected chi connectivity index (χ3v) is 6.98. The van der Waals surface area contributed by atoms with E-state index in [0.717, 1.165) is 12.8 Å². The fourth-order valence-corrected chi connectivity index (χ4v) is 5.34. The minimum Gasteiger partial charge on any atom is -0.326 e. The number of carbonyl (C=O) groups is 1. The highest BCUT2D eigenvalue weighted by Crippen LogP contribution is 2.43. The summed E-state index contributed by atoms with van der Waals surface area (Å²) >= 11 is 0. The molecule has 4 rings (SSSR count). The first kappa shape index (κ1) is 18.7. The highest BCUT2D eigenvalue weighted by Gasteiger charge is 2.39. The van der Waals surface area contributed by atoms with Crippen LogP contribution in [-0.4, -0.2) is 14.3 Å². The molecule has 2 aromatic carbocycles. The molecule has 0 aromatic heterocycles. The number of benzene rings is 2. The summed E-state index contributed by atoms with van der Waals surface area (Å²) in [6.45, 7) is 1.69. The normalized spacial score (nSPS) is 23.0. The number of amides is 1. The maximum Gasteiger partial charge on any atom is 0.262 e. The fraction of sp³-hybridized carbons (Fsp3) is 0.286. The molecule has 1 saturated carbocycles.